The quantitative estimate of drug-likeness (QED) is 0.925. The lowest BCUT2D eigenvalue weighted by atomic mass is 9.93. The van der Waals surface area contributed by atoms with Gasteiger partial charge >= 0.3 is 6.18 Å². The highest BCUT2D eigenvalue weighted by Gasteiger charge is 2.35. The SMILES string of the molecule is O=C(NC1CCC1)c1cn(CC(F)(F)F)nc1C1CC1. The summed E-state index contributed by atoms with van der Waals surface area (Å²) in [5, 5.41) is 6.82. The summed E-state index contributed by atoms with van der Waals surface area (Å²) in [6, 6.07) is 0.167. The summed E-state index contributed by atoms with van der Waals surface area (Å²) in [6.45, 7) is -1.15. The molecule has 110 valence electrons. The van der Waals surface area contributed by atoms with Crippen LogP contribution in [0.1, 0.15) is 54.1 Å². The van der Waals surface area contributed by atoms with Crippen LogP contribution in [0.5, 0.6) is 0 Å². The summed E-state index contributed by atoms with van der Waals surface area (Å²) in [6.07, 6.45) is 1.68. The second-order valence-corrected chi connectivity index (χ2v) is 5.62. The normalized spacial score (nSPS) is 19.8. The number of nitrogens with one attached hydrogen (secondary N) is 1. The van der Waals surface area contributed by atoms with E-state index in [4.69, 9.17) is 0 Å². The van der Waals surface area contributed by atoms with Crippen molar-refractivity contribution in [3.05, 3.63) is 17.5 Å². The maximum atomic E-state index is 12.4. The molecule has 2 fully saturated rings. The highest BCUT2D eigenvalue weighted by Crippen LogP contribution is 2.41. The number of aromatic nitrogens is 2. The van der Waals surface area contributed by atoms with Gasteiger partial charge in [0.1, 0.15) is 6.54 Å². The van der Waals surface area contributed by atoms with Gasteiger partial charge in [-0.2, -0.15) is 18.3 Å². The standard InChI is InChI=1S/C13H16F3N3O/c14-13(15,16)7-19-6-10(11(18-19)8-4-5-8)12(20)17-9-2-1-3-9/h6,8-9H,1-5,7H2,(H,17,20). The summed E-state index contributed by atoms with van der Waals surface area (Å²) < 4.78 is 38.1. The van der Waals surface area contributed by atoms with E-state index >= 15 is 0 Å². The van der Waals surface area contributed by atoms with Gasteiger partial charge in [0.05, 0.1) is 11.3 Å². The Morgan fingerprint density at radius 1 is 1.35 bits per heavy atom. The van der Waals surface area contributed by atoms with Crippen molar-refractivity contribution in [3.8, 4) is 0 Å². The minimum absolute atomic E-state index is 0.145. The first kappa shape index (κ1) is 13.5. The first-order valence-corrected chi connectivity index (χ1v) is 6.87. The molecule has 20 heavy (non-hydrogen) atoms. The van der Waals surface area contributed by atoms with Gasteiger partial charge in [0.25, 0.3) is 5.91 Å². The van der Waals surface area contributed by atoms with E-state index in [-0.39, 0.29) is 17.9 Å². The molecule has 1 heterocycles. The van der Waals surface area contributed by atoms with Crippen molar-refractivity contribution in [3.63, 3.8) is 0 Å². The minimum Gasteiger partial charge on any atom is -0.349 e. The monoisotopic (exact) mass is 287 g/mol. The number of halogens is 3. The van der Waals surface area contributed by atoms with E-state index in [0.29, 0.717) is 11.3 Å². The van der Waals surface area contributed by atoms with Gasteiger partial charge in [-0.05, 0) is 32.1 Å². The third-order valence-electron chi connectivity index (χ3n) is 3.78. The number of alkyl halides is 3. The van der Waals surface area contributed by atoms with Gasteiger partial charge in [-0.15, -0.1) is 0 Å². The van der Waals surface area contributed by atoms with Gasteiger partial charge in [-0.1, -0.05) is 0 Å². The molecule has 2 aliphatic rings. The van der Waals surface area contributed by atoms with Crippen molar-refractivity contribution in [2.45, 2.75) is 56.8 Å². The molecule has 4 nitrogen and oxygen atoms in total. The van der Waals surface area contributed by atoms with E-state index < -0.39 is 12.7 Å². The van der Waals surface area contributed by atoms with Crippen LogP contribution in [0, 0.1) is 0 Å². The number of amides is 1. The van der Waals surface area contributed by atoms with Gasteiger partial charge in [0.2, 0.25) is 0 Å². The van der Waals surface area contributed by atoms with E-state index in [1.807, 2.05) is 0 Å². The van der Waals surface area contributed by atoms with Crippen LogP contribution in [0.2, 0.25) is 0 Å². The largest absolute Gasteiger partial charge is 0.408 e. The first-order valence-electron chi connectivity index (χ1n) is 6.87. The third kappa shape index (κ3) is 2.96. The van der Waals surface area contributed by atoms with Crippen LogP contribution in [-0.4, -0.2) is 27.9 Å². The molecular weight excluding hydrogens is 271 g/mol. The maximum absolute atomic E-state index is 12.4. The van der Waals surface area contributed by atoms with Crippen LogP contribution in [0.25, 0.3) is 0 Å². The fourth-order valence-corrected chi connectivity index (χ4v) is 2.35. The van der Waals surface area contributed by atoms with Crippen molar-refractivity contribution in [2.24, 2.45) is 0 Å². The lowest BCUT2D eigenvalue weighted by molar-refractivity contribution is -0.142. The Bertz CT molecular complexity index is 515. The van der Waals surface area contributed by atoms with Crippen LogP contribution in [0.4, 0.5) is 13.2 Å². The molecule has 0 aromatic carbocycles. The smallest absolute Gasteiger partial charge is 0.349 e. The number of hydrogen-bond donors (Lipinski definition) is 1. The second kappa shape index (κ2) is 4.79. The second-order valence-electron chi connectivity index (χ2n) is 5.62. The van der Waals surface area contributed by atoms with E-state index in [1.165, 1.54) is 6.20 Å². The highest BCUT2D eigenvalue weighted by molar-refractivity contribution is 5.95. The van der Waals surface area contributed by atoms with Crippen molar-refractivity contribution in [2.75, 3.05) is 0 Å². The van der Waals surface area contributed by atoms with Gasteiger partial charge in [0, 0.05) is 18.2 Å². The number of rotatable bonds is 4. The lowest BCUT2D eigenvalue weighted by Gasteiger charge is -2.26. The Kier molecular flexibility index (Phi) is 3.22. The molecule has 0 aliphatic heterocycles. The van der Waals surface area contributed by atoms with Crippen LogP contribution < -0.4 is 5.32 Å². The molecular formula is C13H16F3N3O. The van der Waals surface area contributed by atoms with Crippen LogP contribution in [0.3, 0.4) is 0 Å². The maximum Gasteiger partial charge on any atom is 0.408 e. The average molecular weight is 287 g/mol. The molecule has 0 saturated heterocycles. The summed E-state index contributed by atoms with van der Waals surface area (Å²) >= 11 is 0. The topological polar surface area (TPSA) is 46.9 Å². The summed E-state index contributed by atoms with van der Waals surface area (Å²) in [5.74, 6) is -0.142. The van der Waals surface area contributed by atoms with E-state index in [9.17, 15) is 18.0 Å². The number of carbonyl (C=O) groups is 1. The molecule has 1 aromatic rings. The van der Waals surface area contributed by atoms with Gasteiger partial charge in [-0.3, -0.25) is 9.48 Å². The van der Waals surface area contributed by atoms with Crippen molar-refractivity contribution in [1.29, 1.82) is 0 Å². The average Bonchev–Trinajstić information content (AvgIpc) is 3.04. The van der Waals surface area contributed by atoms with Crippen LogP contribution in [0.15, 0.2) is 6.20 Å². The van der Waals surface area contributed by atoms with Crippen molar-refractivity contribution in [1.82, 2.24) is 15.1 Å². The number of carbonyl (C=O) groups excluding carboxylic acids is 1. The Morgan fingerprint density at radius 2 is 2.05 bits per heavy atom. The molecule has 0 unspecified atom stereocenters. The molecule has 1 aromatic heterocycles. The Morgan fingerprint density at radius 3 is 2.55 bits per heavy atom. The zero-order chi connectivity index (χ0) is 14.3. The molecule has 0 atom stereocenters. The summed E-state index contributed by atoms with van der Waals surface area (Å²) in [7, 11) is 0. The summed E-state index contributed by atoms with van der Waals surface area (Å²) in [4.78, 5) is 12.1. The van der Waals surface area contributed by atoms with E-state index in [0.717, 1.165) is 36.8 Å². The van der Waals surface area contributed by atoms with E-state index in [1.54, 1.807) is 0 Å². The van der Waals surface area contributed by atoms with Crippen LogP contribution >= 0.6 is 0 Å². The lowest BCUT2D eigenvalue weighted by Crippen LogP contribution is -2.39. The fraction of sp³-hybridized carbons (Fsp3) is 0.692. The molecule has 2 aliphatic carbocycles. The molecule has 0 bridgehead atoms. The molecule has 2 saturated carbocycles. The zero-order valence-corrected chi connectivity index (χ0v) is 10.9. The first-order chi connectivity index (χ1) is 9.42. The van der Waals surface area contributed by atoms with Crippen molar-refractivity contribution < 1.29 is 18.0 Å². The zero-order valence-electron chi connectivity index (χ0n) is 10.9. The highest BCUT2D eigenvalue weighted by atomic mass is 19.4. The molecule has 1 N–H and O–H groups in total. The molecule has 1 amide bonds. The van der Waals surface area contributed by atoms with E-state index in [2.05, 4.69) is 10.4 Å². The predicted octanol–water partition coefficient (Wildman–Crippen LogP) is 2.61. The van der Waals surface area contributed by atoms with Gasteiger partial charge in [-0.25, -0.2) is 0 Å². The van der Waals surface area contributed by atoms with Crippen LogP contribution in [-0.2, 0) is 6.54 Å². The molecule has 7 heteroatoms. The predicted molar refractivity (Wildman–Crippen MR) is 65.4 cm³/mol. The third-order valence-corrected chi connectivity index (χ3v) is 3.78. The molecule has 0 radical (unpaired) electrons. The van der Waals surface area contributed by atoms with Gasteiger partial charge < -0.3 is 5.32 Å². The minimum atomic E-state index is -4.32. The summed E-state index contributed by atoms with van der Waals surface area (Å²) in [5.41, 5.74) is 0.828. The Balaban J connectivity index is 1.78. The number of hydrogen-bond acceptors (Lipinski definition) is 2. The Labute approximate surface area is 114 Å². The molecule has 0 spiro atoms. The Hall–Kier alpha value is -1.53. The number of nitrogens with zero attached hydrogens (tertiary/aromatic N) is 2. The van der Waals surface area contributed by atoms with Gasteiger partial charge in [0.15, 0.2) is 0 Å². The fourth-order valence-electron chi connectivity index (χ4n) is 2.35. The van der Waals surface area contributed by atoms with Crippen molar-refractivity contribution >= 4 is 5.91 Å². The molecule has 3 rings (SSSR count).